The van der Waals surface area contributed by atoms with Crippen LogP contribution in [0.2, 0.25) is 0 Å². The van der Waals surface area contributed by atoms with Gasteiger partial charge in [0.15, 0.2) is 0 Å². The van der Waals surface area contributed by atoms with Crippen LogP contribution in [-0.4, -0.2) is 56.7 Å². The number of tetrazole rings is 1. The SMILES string of the molecule is C[C@@H]1CNCCN1C(=O)c1cccc(-n2cnnn2)c1.Cl. The van der Waals surface area contributed by atoms with Crippen molar-refractivity contribution in [2.45, 2.75) is 13.0 Å². The van der Waals surface area contributed by atoms with Crippen molar-refractivity contribution in [2.24, 2.45) is 0 Å². The molecule has 0 saturated carbocycles. The van der Waals surface area contributed by atoms with Gasteiger partial charge >= 0.3 is 0 Å². The van der Waals surface area contributed by atoms with Crippen LogP contribution in [0.15, 0.2) is 30.6 Å². The number of amides is 1. The molecule has 0 bridgehead atoms. The van der Waals surface area contributed by atoms with Crippen molar-refractivity contribution in [3.63, 3.8) is 0 Å². The molecule has 1 atom stereocenters. The van der Waals surface area contributed by atoms with Gasteiger partial charge in [-0.2, -0.15) is 0 Å². The summed E-state index contributed by atoms with van der Waals surface area (Å²) in [6.45, 7) is 4.45. The monoisotopic (exact) mass is 308 g/mol. The van der Waals surface area contributed by atoms with Gasteiger partial charge in [0.2, 0.25) is 0 Å². The Morgan fingerprint density at radius 1 is 1.43 bits per heavy atom. The minimum absolute atomic E-state index is 0. The molecule has 0 radical (unpaired) electrons. The van der Waals surface area contributed by atoms with E-state index in [1.807, 2.05) is 29.2 Å². The Kier molecular flexibility index (Phi) is 4.87. The van der Waals surface area contributed by atoms with Crippen LogP contribution >= 0.6 is 12.4 Å². The zero-order valence-corrected chi connectivity index (χ0v) is 12.5. The molecule has 1 fully saturated rings. The Bertz CT molecular complexity index is 602. The molecule has 21 heavy (non-hydrogen) atoms. The molecule has 1 aromatic carbocycles. The molecule has 0 spiro atoms. The fourth-order valence-electron chi connectivity index (χ4n) is 2.37. The normalized spacial score (nSPS) is 18.1. The number of halogens is 1. The molecule has 112 valence electrons. The first-order valence-electron chi connectivity index (χ1n) is 6.61. The van der Waals surface area contributed by atoms with Crippen LogP contribution < -0.4 is 5.32 Å². The third-order valence-electron chi connectivity index (χ3n) is 3.47. The largest absolute Gasteiger partial charge is 0.333 e. The summed E-state index contributed by atoms with van der Waals surface area (Å²) in [6, 6.07) is 7.55. The average molecular weight is 309 g/mol. The van der Waals surface area contributed by atoms with Crippen molar-refractivity contribution >= 4 is 18.3 Å². The fraction of sp³-hybridized carbons (Fsp3) is 0.385. The predicted octanol–water partition coefficient (Wildman–Crippen LogP) is 0.518. The average Bonchev–Trinajstić information content (AvgIpc) is 3.01. The molecular weight excluding hydrogens is 292 g/mol. The van der Waals surface area contributed by atoms with E-state index >= 15 is 0 Å². The number of benzene rings is 1. The number of nitrogens with one attached hydrogen (secondary N) is 1. The highest BCUT2D eigenvalue weighted by molar-refractivity contribution is 5.95. The molecule has 2 heterocycles. The summed E-state index contributed by atoms with van der Waals surface area (Å²) in [5.74, 6) is 0.0499. The second-order valence-corrected chi connectivity index (χ2v) is 4.86. The van der Waals surface area contributed by atoms with Gasteiger partial charge in [-0.25, -0.2) is 4.68 Å². The van der Waals surface area contributed by atoms with Crippen molar-refractivity contribution in [1.29, 1.82) is 0 Å². The van der Waals surface area contributed by atoms with Gasteiger partial charge in [0.1, 0.15) is 6.33 Å². The summed E-state index contributed by atoms with van der Waals surface area (Å²) in [4.78, 5) is 14.5. The topological polar surface area (TPSA) is 75.9 Å². The maximum Gasteiger partial charge on any atom is 0.254 e. The Balaban J connectivity index is 0.00000161. The van der Waals surface area contributed by atoms with E-state index in [2.05, 4.69) is 27.8 Å². The highest BCUT2D eigenvalue weighted by Gasteiger charge is 2.24. The van der Waals surface area contributed by atoms with Crippen LogP contribution in [0.5, 0.6) is 0 Å². The van der Waals surface area contributed by atoms with E-state index in [-0.39, 0.29) is 24.4 Å². The van der Waals surface area contributed by atoms with Crippen LogP contribution in [-0.2, 0) is 0 Å². The van der Waals surface area contributed by atoms with Crippen molar-refractivity contribution in [3.05, 3.63) is 36.2 Å². The highest BCUT2D eigenvalue weighted by Crippen LogP contribution is 2.14. The molecule has 1 aromatic heterocycles. The van der Waals surface area contributed by atoms with Crippen molar-refractivity contribution in [1.82, 2.24) is 30.4 Å². The summed E-state index contributed by atoms with van der Waals surface area (Å²) in [5.41, 5.74) is 1.44. The summed E-state index contributed by atoms with van der Waals surface area (Å²) in [5, 5.41) is 14.3. The van der Waals surface area contributed by atoms with Crippen LogP contribution in [0.25, 0.3) is 5.69 Å². The maximum absolute atomic E-state index is 12.6. The number of piperazine rings is 1. The third kappa shape index (κ3) is 3.20. The summed E-state index contributed by atoms with van der Waals surface area (Å²) >= 11 is 0. The molecule has 1 aliphatic rings. The smallest absolute Gasteiger partial charge is 0.254 e. The second kappa shape index (κ2) is 6.64. The Morgan fingerprint density at radius 2 is 2.29 bits per heavy atom. The quantitative estimate of drug-likeness (QED) is 0.875. The van der Waals surface area contributed by atoms with Gasteiger partial charge in [0.25, 0.3) is 5.91 Å². The number of carbonyl (C=O) groups is 1. The lowest BCUT2D eigenvalue weighted by Gasteiger charge is -2.34. The molecule has 2 aromatic rings. The van der Waals surface area contributed by atoms with Gasteiger partial charge in [-0.05, 0) is 35.5 Å². The molecule has 0 aliphatic carbocycles. The van der Waals surface area contributed by atoms with Gasteiger partial charge in [-0.3, -0.25) is 4.79 Å². The lowest BCUT2D eigenvalue weighted by atomic mass is 10.1. The summed E-state index contributed by atoms with van der Waals surface area (Å²) in [7, 11) is 0. The number of nitrogens with zero attached hydrogens (tertiary/aromatic N) is 5. The van der Waals surface area contributed by atoms with E-state index in [1.54, 1.807) is 0 Å². The van der Waals surface area contributed by atoms with Gasteiger partial charge in [0, 0.05) is 31.2 Å². The first-order valence-corrected chi connectivity index (χ1v) is 6.61. The number of hydrogen-bond donors (Lipinski definition) is 1. The van der Waals surface area contributed by atoms with E-state index in [0.29, 0.717) is 5.56 Å². The Morgan fingerprint density at radius 3 is 3.00 bits per heavy atom. The molecule has 3 rings (SSSR count). The molecule has 1 aliphatic heterocycles. The van der Waals surface area contributed by atoms with E-state index < -0.39 is 0 Å². The molecular formula is C13H17ClN6O. The van der Waals surface area contributed by atoms with Crippen molar-refractivity contribution in [3.8, 4) is 5.69 Å². The lowest BCUT2D eigenvalue weighted by Crippen LogP contribution is -2.52. The van der Waals surface area contributed by atoms with E-state index in [0.717, 1.165) is 25.3 Å². The predicted molar refractivity (Wildman–Crippen MR) is 79.8 cm³/mol. The number of hydrogen-bond acceptors (Lipinski definition) is 5. The fourth-order valence-corrected chi connectivity index (χ4v) is 2.37. The molecule has 1 amide bonds. The van der Waals surface area contributed by atoms with Crippen molar-refractivity contribution < 1.29 is 4.79 Å². The summed E-state index contributed by atoms with van der Waals surface area (Å²) in [6.07, 6.45) is 1.51. The molecule has 1 N–H and O–H groups in total. The standard InChI is InChI=1S/C13H16N6O.ClH/c1-10-8-14-5-6-18(10)13(20)11-3-2-4-12(7-11)19-9-15-16-17-19;/h2-4,7,9-10,14H,5-6,8H2,1H3;1H/t10-;/m1./s1. The van der Waals surface area contributed by atoms with Gasteiger partial charge in [-0.1, -0.05) is 6.07 Å². The first kappa shape index (κ1) is 15.4. The minimum atomic E-state index is 0. The van der Waals surface area contributed by atoms with Gasteiger partial charge in [0.05, 0.1) is 5.69 Å². The zero-order valence-electron chi connectivity index (χ0n) is 11.6. The van der Waals surface area contributed by atoms with Crippen molar-refractivity contribution in [2.75, 3.05) is 19.6 Å². The van der Waals surface area contributed by atoms with Crippen LogP contribution in [0, 0.1) is 0 Å². The zero-order chi connectivity index (χ0) is 13.9. The molecule has 1 saturated heterocycles. The van der Waals surface area contributed by atoms with Crippen LogP contribution in [0.3, 0.4) is 0 Å². The third-order valence-corrected chi connectivity index (χ3v) is 3.47. The van der Waals surface area contributed by atoms with E-state index in [4.69, 9.17) is 0 Å². The maximum atomic E-state index is 12.6. The minimum Gasteiger partial charge on any atom is -0.333 e. The van der Waals surface area contributed by atoms with Crippen LogP contribution in [0.1, 0.15) is 17.3 Å². The molecule has 0 unspecified atom stereocenters. The second-order valence-electron chi connectivity index (χ2n) is 4.86. The summed E-state index contributed by atoms with van der Waals surface area (Å²) < 4.78 is 1.54. The Labute approximate surface area is 128 Å². The van der Waals surface area contributed by atoms with E-state index in [9.17, 15) is 4.79 Å². The van der Waals surface area contributed by atoms with Crippen LogP contribution in [0.4, 0.5) is 0 Å². The molecule has 8 heteroatoms. The van der Waals surface area contributed by atoms with E-state index in [1.165, 1.54) is 11.0 Å². The number of aromatic nitrogens is 4. The number of rotatable bonds is 2. The highest BCUT2D eigenvalue weighted by atomic mass is 35.5. The lowest BCUT2D eigenvalue weighted by molar-refractivity contribution is 0.0655. The van der Waals surface area contributed by atoms with Gasteiger partial charge < -0.3 is 10.2 Å². The first-order chi connectivity index (χ1) is 9.75. The number of carbonyl (C=O) groups excluding carboxylic acids is 1. The molecule has 7 nitrogen and oxygen atoms in total. The van der Waals surface area contributed by atoms with Gasteiger partial charge in [-0.15, -0.1) is 17.5 Å². The Hall–Kier alpha value is -1.99.